The summed E-state index contributed by atoms with van der Waals surface area (Å²) < 4.78 is 5.62. The van der Waals surface area contributed by atoms with Crippen LogP contribution in [0.2, 0.25) is 0 Å². The summed E-state index contributed by atoms with van der Waals surface area (Å²) >= 11 is 0. The van der Waals surface area contributed by atoms with Gasteiger partial charge in [0.1, 0.15) is 12.4 Å². The van der Waals surface area contributed by atoms with E-state index >= 15 is 0 Å². The average molecular weight is 327 g/mol. The quantitative estimate of drug-likeness (QED) is 0.779. The first-order valence-electron chi connectivity index (χ1n) is 8.02. The molecule has 5 heteroatoms. The summed E-state index contributed by atoms with van der Waals surface area (Å²) in [5, 5.41) is 2.84. The Bertz CT molecular complexity index is 627. The predicted octanol–water partition coefficient (Wildman–Crippen LogP) is 2.14. The average Bonchev–Trinajstić information content (AvgIpc) is 2.57. The highest BCUT2D eigenvalue weighted by Crippen LogP contribution is 2.16. The van der Waals surface area contributed by atoms with Crippen LogP contribution in [0.15, 0.2) is 54.6 Å². The van der Waals surface area contributed by atoms with Crippen LogP contribution in [0.5, 0.6) is 5.75 Å². The van der Waals surface area contributed by atoms with Crippen molar-refractivity contribution >= 4 is 11.6 Å². The summed E-state index contributed by atoms with van der Waals surface area (Å²) in [6.07, 6.45) is 0.512. The molecule has 128 valence electrons. The van der Waals surface area contributed by atoms with Crippen molar-refractivity contribution in [2.75, 3.05) is 32.6 Å². The number of amides is 1. The molecule has 24 heavy (non-hydrogen) atoms. The van der Waals surface area contributed by atoms with Gasteiger partial charge in [0.25, 0.3) is 0 Å². The molecule has 0 saturated carbocycles. The Hall–Kier alpha value is -2.37. The normalized spacial score (nSPS) is 12.0. The zero-order valence-corrected chi connectivity index (χ0v) is 14.2. The number of hydrogen-bond donors (Lipinski definition) is 2. The van der Waals surface area contributed by atoms with Crippen LogP contribution in [0.1, 0.15) is 5.56 Å². The number of nitrogens with zero attached hydrogens (tertiary/aromatic N) is 1. The van der Waals surface area contributed by atoms with Crippen LogP contribution in [0.3, 0.4) is 0 Å². The van der Waals surface area contributed by atoms with Gasteiger partial charge in [0.2, 0.25) is 5.91 Å². The number of rotatable bonds is 8. The summed E-state index contributed by atoms with van der Waals surface area (Å²) in [7, 11) is 4.00. The number of carbonyl (C=O) groups excluding carboxylic acids is 1. The van der Waals surface area contributed by atoms with Gasteiger partial charge in [0, 0.05) is 12.2 Å². The highest BCUT2D eigenvalue weighted by atomic mass is 16.5. The number of anilines is 1. The molecule has 0 aliphatic rings. The molecule has 5 nitrogen and oxygen atoms in total. The van der Waals surface area contributed by atoms with Gasteiger partial charge in [0.05, 0.1) is 6.04 Å². The van der Waals surface area contributed by atoms with Crippen molar-refractivity contribution in [1.82, 2.24) is 4.90 Å². The molecule has 0 radical (unpaired) electrons. The molecule has 3 N–H and O–H groups in total. The van der Waals surface area contributed by atoms with Crippen molar-refractivity contribution in [1.29, 1.82) is 0 Å². The maximum Gasteiger partial charge on any atom is 0.241 e. The number of carbonyl (C=O) groups is 1. The van der Waals surface area contributed by atoms with E-state index in [0.29, 0.717) is 18.7 Å². The van der Waals surface area contributed by atoms with E-state index in [1.54, 1.807) is 0 Å². The topological polar surface area (TPSA) is 67.6 Å². The lowest BCUT2D eigenvalue weighted by atomic mass is 10.1. The fraction of sp³-hybridized carbons (Fsp3) is 0.316. The number of hydrogen-bond acceptors (Lipinski definition) is 4. The Morgan fingerprint density at radius 1 is 1.12 bits per heavy atom. The standard InChI is InChI=1S/C19H25N3O2/c1-22(2)12-13-24-17-10-8-16(9-11-17)21-19(23)18(20)14-15-6-4-3-5-7-15/h3-11,18H,12-14,20H2,1-2H3,(H,21,23)/t18-/m0/s1. The molecule has 0 spiro atoms. The molecule has 0 unspecified atom stereocenters. The molecule has 0 saturated heterocycles. The van der Waals surface area contributed by atoms with Gasteiger partial charge in [-0.05, 0) is 50.3 Å². The zero-order valence-electron chi connectivity index (χ0n) is 14.2. The number of likely N-dealkylation sites (N-methyl/N-ethyl adjacent to an activating group) is 1. The Balaban J connectivity index is 1.83. The molecule has 0 bridgehead atoms. The van der Waals surface area contributed by atoms with Crippen LogP contribution in [0.25, 0.3) is 0 Å². The predicted molar refractivity (Wildman–Crippen MR) is 97.2 cm³/mol. The minimum atomic E-state index is -0.580. The van der Waals surface area contributed by atoms with E-state index in [4.69, 9.17) is 10.5 Å². The van der Waals surface area contributed by atoms with Crippen LogP contribution in [0.4, 0.5) is 5.69 Å². The molecular formula is C19H25N3O2. The first-order chi connectivity index (χ1) is 11.5. The number of nitrogens with one attached hydrogen (secondary N) is 1. The van der Waals surface area contributed by atoms with E-state index in [0.717, 1.165) is 17.9 Å². The van der Waals surface area contributed by atoms with Gasteiger partial charge in [-0.15, -0.1) is 0 Å². The first-order valence-corrected chi connectivity index (χ1v) is 8.02. The second-order valence-corrected chi connectivity index (χ2v) is 5.96. The van der Waals surface area contributed by atoms with E-state index in [1.165, 1.54) is 0 Å². The lowest BCUT2D eigenvalue weighted by Gasteiger charge is -2.13. The van der Waals surface area contributed by atoms with E-state index in [9.17, 15) is 4.79 Å². The monoisotopic (exact) mass is 327 g/mol. The molecule has 2 aromatic rings. The summed E-state index contributed by atoms with van der Waals surface area (Å²) in [6, 6.07) is 16.5. The highest BCUT2D eigenvalue weighted by Gasteiger charge is 2.14. The molecule has 2 aromatic carbocycles. The summed E-state index contributed by atoms with van der Waals surface area (Å²) in [4.78, 5) is 14.2. The van der Waals surface area contributed by atoms with Crippen molar-refractivity contribution in [3.63, 3.8) is 0 Å². The number of ether oxygens (including phenoxy) is 1. The smallest absolute Gasteiger partial charge is 0.241 e. The maximum absolute atomic E-state index is 12.2. The van der Waals surface area contributed by atoms with Crippen molar-refractivity contribution in [3.05, 3.63) is 60.2 Å². The van der Waals surface area contributed by atoms with E-state index in [2.05, 4.69) is 10.2 Å². The van der Waals surface area contributed by atoms with Gasteiger partial charge in [0.15, 0.2) is 0 Å². The molecular weight excluding hydrogens is 302 g/mol. The first kappa shape index (κ1) is 18.0. The lowest BCUT2D eigenvalue weighted by molar-refractivity contribution is -0.117. The Morgan fingerprint density at radius 3 is 2.42 bits per heavy atom. The molecule has 0 heterocycles. The fourth-order valence-electron chi connectivity index (χ4n) is 2.18. The Kier molecular flexibility index (Phi) is 6.78. The van der Waals surface area contributed by atoms with Crippen molar-refractivity contribution < 1.29 is 9.53 Å². The molecule has 0 aromatic heterocycles. The minimum absolute atomic E-state index is 0.194. The molecule has 0 aliphatic heterocycles. The Labute approximate surface area is 143 Å². The van der Waals surface area contributed by atoms with E-state index in [-0.39, 0.29) is 5.91 Å². The largest absolute Gasteiger partial charge is 0.492 e. The summed E-state index contributed by atoms with van der Waals surface area (Å²) in [6.45, 7) is 1.48. The zero-order chi connectivity index (χ0) is 17.4. The molecule has 0 aliphatic carbocycles. The minimum Gasteiger partial charge on any atom is -0.492 e. The van der Waals surface area contributed by atoms with Gasteiger partial charge >= 0.3 is 0 Å². The summed E-state index contributed by atoms with van der Waals surface area (Å²) in [5.74, 6) is 0.587. The van der Waals surface area contributed by atoms with Crippen molar-refractivity contribution in [2.24, 2.45) is 5.73 Å². The van der Waals surface area contributed by atoms with Crippen LogP contribution in [-0.2, 0) is 11.2 Å². The van der Waals surface area contributed by atoms with E-state index < -0.39 is 6.04 Å². The van der Waals surface area contributed by atoms with Gasteiger partial charge in [-0.2, -0.15) is 0 Å². The molecule has 2 rings (SSSR count). The number of nitrogens with two attached hydrogens (primary N) is 1. The third-order valence-electron chi connectivity index (χ3n) is 3.56. The van der Waals surface area contributed by atoms with Crippen LogP contribution >= 0.6 is 0 Å². The van der Waals surface area contributed by atoms with Crippen LogP contribution < -0.4 is 15.8 Å². The van der Waals surface area contributed by atoms with Crippen LogP contribution in [-0.4, -0.2) is 44.1 Å². The van der Waals surface area contributed by atoms with Crippen molar-refractivity contribution in [2.45, 2.75) is 12.5 Å². The fourth-order valence-corrected chi connectivity index (χ4v) is 2.18. The maximum atomic E-state index is 12.2. The SMILES string of the molecule is CN(C)CCOc1ccc(NC(=O)[C@@H](N)Cc2ccccc2)cc1. The third-order valence-corrected chi connectivity index (χ3v) is 3.56. The Morgan fingerprint density at radius 2 is 1.79 bits per heavy atom. The highest BCUT2D eigenvalue weighted by molar-refractivity contribution is 5.94. The van der Waals surface area contributed by atoms with Crippen molar-refractivity contribution in [3.8, 4) is 5.75 Å². The third kappa shape index (κ3) is 6.02. The van der Waals surface area contributed by atoms with Gasteiger partial charge in [-0.25, -0.2) is 0 Å². The molecule has 1 amide bonds. The summed E-state index contributed by atoms with van der Waals surface area (Å²) in [5.41, 5.74) is 7.74. The van der Waals surface area contributed by atoms with Gasteiger partial charge in [-0.1, -0.05) is 30.3 Å². The van der Waals surface area contributed by atoms with Gasteiger partial charge in [-0.3, -0.25) is 4.79 Å². The number of benzene rings is 2. The van der Waals surface area contributed by atoms with Gasteiger partial charge < -0.3 is 20.7 Å². The van der Waals surface area contributed by atoms with Crippen LogP contribution in [0, 0.1) is 0 Å². The lowest BCUT2D eigenvalue weighted by Crippen LogP contribution is -2.37. The van der Waals surface area contributed by atoms with E-state index in [1.807, 2.05) is 68.7 Å². The second-order valence-electron chi connectivity index (χ2n) is 5.96. The second kappa shape index (κ2) is 9.05. The molecule has 1 atom stereocenters. The molecule has 0 fully saturated rings.